The van der Waals surface area contributed by atoms with Crippen LogP contribution < -0.4 is 4.74 Å². The van der Waals surface area contributed by atoms with Crippen LogP contribution in [0.3, 0.4) is 0 Å². The van der Waals surface area contributed by atoms with E-state index in [0.717, 1.165) is 12.8 Å². The van der Waals surface area contributed by atoms with Crippen molar-refractivity contribution in [3.05, 3.63) is 17.7 Å². The summed E-state index contributed by atoms with van der Waals surface area (Å²) in [6.45, 7) is 0. The molecule has 0 spiro atoms. The second-order valence-electron chi connectivity index (χ2n) is 2.86. The Bertz CT molecular complexity index is 258. The summed E-state index contributed by atoms with van der Waals surface area (Å²) < 4.78 is 5.52. The number of aromatic nitrogens is 2. The lowest BCUT2D eigenvalue weighted by Crippen LogP contribution is -2.24. The minimum Gasteiger partial charge on any atom is -0.487 e. The lowest BCUT2D eigenvalue weighted by molar-refractivity contribution is 0.119. The first-order valence-corrected chi connectivity index (χ1v) is 4.36. The molecular formula is C8H9ClN2O. The molecular weight excluding hydrogens is 176 g/mol. The molecule has 1 aliphatic carbocycles. The summed E-state index contributed by atoms with van der Waals surface area (Å²) in [5, 5.41) is 0.260. The smallest absolute Gasteiger partial charge is 0.222 e. The predicted molar refractivity (Wildman–Crippen MR) is 45.3 cm³/mol. The summed E-state index contributed by atoms with van der Waals surface area (Å²) in [5.41, 5.74) is 0. The largest absolute Gasteiger partial charge is 0.487 e. The second kappa shape index (κ2) is 3.27. The maximum Gasteiger partial charge on any atom is 0.222 e. The summed E-state index contributed by atoms with van der Waals surface area (Å²) in [7, 11) is 0. The highest BCUT2D eigenvalue weighted by Crippen LogP contribution is 2.24. The molecule has 1 saturated carbocycles. The molecule has 1 heterocycles. The van der Waals surface area contributed by atoms with Gasteiger partial charge in [0.05, 0.1) is 18.5 Å². The van der Waals surface area contributed by atoms with Crippen LogP contribution in [-0.4, -0.2) is 16.1 Å². The van der Waals surface area contributed by atoms with Gasteiger partial charge >= 0.3 is 0 Å². The van der Waals surface area contributed by atoms with E-state index in [1.807, 2.05) is 0 Å². The molecule has 0 radical (unpaired) electrons. The molecule has 2 rings (SSSR count). The van der Waals surface area contributed by atoms with E-state index < -0.39 is 0 Å². The zero-order valence-electron chi connectivity index (χ0n) is 6.53. The molecule has 1 aromatic rings. The molecule has 0 atom stereocenters. The van der Waals surface area contributed by atoms with Crippen LogP contribution in [0.2, 0.25) is 5.28 Å². The van der Waals surface area contributed by atoms with Crippen molar-refractivity contribution < 1.29 is 4.74 Å². The maximum absolute atomic E-state index is 5.52. The van der Waals surface area contributed by atoms with Gasteiger partial charge in [-0.3, -0.25) is 0 Å². The molecule has 0 amide bonds. The number of nitrogens with zero attached hydrogens (tertiary/aromatic N) is 2. The van der Waals surface area contributed by atoms with E-state index in [1.54, 1.807) is 12.4 Å². The first-order chi connectivity index (χ1) is 5.84. The third-order valence-corrected chi connectivity index (χ3v) is 2.15. The minimum absolute atomic E-state index is 0.260. The Morgan fingerprint density at radius 3 is 2.50 bits per heavy atom. The Morgan fingerprint density at radius 1 is 1.33 bits per heavy atom. The Morgan fingerprint density at radius 2 is 2.00 bits per heavy atom. The van der Waals surface area contributed by atoms with E-state index >= 15 is 0 Å². The Hall–Kier alpha value is -0.830. The molecule has 64 valence electrons. The molecule has 0 N–H and O–H groups in total. The van der Waals surface area contributed by atoms with Crippen LogP contribution in [0, 0.1) is 0 Å². The van der Waals surface area contributed by atoms with Gasteiger partial charge in [0.2, 0.25) is 5.28 Å². The van der Waals surface area contributed by atoms with Gasteiger partial charge in [-0.1, -0.05) is 0 Å². The molecule has 1 aromatic heterocycles. The number of ether oxygens (including phenoxy) is 1. The number of rotatable bonds is 2. The summed E-state index contributed by atoms with van der Waals surface area (Å²) >= 11 is 5.52. The highest BCUT2D eigenvalue weighted by atomic mass is 35.5. The first kappa shape index (κ1) is 7.80. The van der Waals surface area contributed by atoms with E-state index in [0.29, 0.717) is 11.9 Å². The molecule has 3 nitrogen and oxygen atoms in total. The second-order valence-corrected chi connectivity index (χ2v) is 3.20. The van der Waals surface area contributed by atoms with Gasteiger partial charge < -0.3 is 4.74 Å². The highest BCUT2D eigenvalue weighted by molar-refractivity contribution is 6.28. The van der Waals surface area contributed by atoms with E-state index in [9.17, 15) is 0 Å². The first-order valence-electron chi connectivity index (χ1n) is 3.99. The van der Waals surface area contributed by atoms with Crippen molar-refractivity contribution in [3.63, 3.8) is 0 Å². The van der Waals surface area contributed by atoms with Crippen LogP contribution >= 0.6 is 11.6 Å². The van der Waals surface area contributed by atoms with Crippen LogP contribution in [0.4, 0.5) is 0 Å². The third kappa shape index (κ3) is 1.67. The SMILES string of the molecule is Clc1ncc(OC2CCC2)cn1. The molecule has 12 heavy (non-hydrogen) atoms. The number of hydrogen-bond acceptors (Lipinski definition) is 3. The third-order valence-electron chi connectivity index (χ3n) is 1.95. The predicted octanol–water partition coefficient (Wildman–Crippen LogP) is 2.06. The highest BCUT2D eigenvalue weighted by Gasteiger charge is 2.18. The maximum atomic E-state index is 5.52. The molecule has 1 aliphatic rings. The van der Waals surface area contributed by atoms with Crippen molar-refractivity contribution in [2.75, 3.05) is 0 Å². The van der Waals surface area contributed by atoms with E-state index in [2.05, 4.69) is 9.97 Å². The number of halogens is 1. The van der Waals surface area contributed by atoms with Crippen molar-refractivity contribution in [2.45, 2.75) is 25.4 Å². The molecule has 0 aliphatic heterocycles. The summed E-state index contributed by atoms with van der Waals surface area (Å²) in [6.07, 6.45) is 7.13. The quantitative estimate of drug-likeness (QED) is 0.660. The zero-order chi connectivity index (χ0) is 8.39. The lowest BCUT2D eigenvalue weighted by atomic mass is 9.96. The minimum atomic E-state index is 0.260. The fourth-order valence-corrected chi connectivity index (χ4v) is 1.14. The van der Waals surface area contributed by atoms with Crippen molar-refractivity contribution >= 4 is 11.6 Å². The molecule has 0 bridgehead atoms. The summed E-state index contributed by atoms with van der Waals surface area (Å²) in [4.78, 5) is 7.64. The van der Waals surface area contributed by atoms with Crippen LogP contribution in [0.5, 0.6) is 5.75 Å². The van der Waals surface area contributed by atoms with E-state index in [1.165, 1.54) is 6.42 Å². The fraction of sp³-hybridized carbons (Fsp3) is 0.500. The molecule has 0 aromatic carbocycles. The van der Waals surface area contributed by atoms with Gasteiger partial charge in [0.15, 0.2) is 5.75 Å². The summed E-state index contributed by atoms with van der Waals surface area (Å²) in [6, 6.07) is 0. The van der Waals surface area contributed by atoms with Gasteiger partial charge in [0.1, 0.15) is 0 Å². The van der Waals surface area contributed by atoms with Gasteiger partial charge in [-0.05, 0) is 30.9 Å². The lowest BCUT2D eigenvalue weighted by Gasteiger charge is -2.25. The zero-order valence-corrected chi connectivity index (χ0v) is 7.29. The van der Waals surface area contributed by atoms with Gasteiger partial charge in [0.25, 0.3) is 0 Å². The average molecular weight is 185 g/mol. The topological polar surface area (TPSA) is 35.0 Å². The normalized spacial score (nSPS) is 17.1. The monoisotopic (exact) mass is 184 g/mol. The van der Waals surface area contributed by atoms with Crippen LogP contribution in [-0.2, 0) is 0 Å². The average Bonchev–Trinajstić information content (AvgIpc) is 2.00. The van der Waals surface area contributed by atoms with E-state index in [4.69, 9.17) is 16.3 Å². The summed E-state index contributed by atoms with van der Waals surface area (Å²) in [5.74, 6) is 0.712. The van der Waals surface area contributed by atoms with Crippen LogP contribution in [0.1, 0.15) is 19.3 Å². The standard InChI is InChI=1S/C8H9ClN2O/c9-8-10-4-7(5-11-8)12-6-2-1-3-6/h4-6H,1-3H2. The van der Waals surface area contributed by atoms with Crippen molar-refractivity contribution in [1.29, 1.82) is 0 Å². The van der Waals surface area contributed by atoms with Crippen molar-refractivity contribution in [3.8, 4) is 5.75 Å². The van der Waals surface area contributed by atoms with Gasteiger partial charge in [-0.25, -0.2) is 9.97 Å². The van der Waals surface area contributed by atoms with Crippen molar-refractivity contribution in [1.82, 2.24) is 9.97 Å². The molecule has 4 heteroatoms. The van der Waals surface area contributed by atoms with Gasteiger partial charge in [-0.2, -0.15) is 0 Å². The molecule has 0 unspecified atom stereocenters. The number of hydrogen-bond donors (Lipinski definition) is 0. The molecule has 0 saturated heterocycles. The van der Waals surface area contributed by atoms with Crippen molar-refractivity contribution in [2.24, 2.45) is 0 Å². The Balaban J connectivity index is 1.98. The molecule has 1 fully saturated rings. The van der Waals surface area contributed by atoms with Crippen LogP contribution in [0.25, 0.3) is 0 Å². The van der Waals surface area contributed by atoms with Gasteiger partial charge in [-0.15, -0.1) is 0 Å². The Kier molecular flexibility index (Phi) is 2.13. The van der Waals surface area contributed by atoms with Gasteiger partial charge in [0, 0.05) is 0 Å². The van der Waals surface area contributed by atoms with Crippen LogP contribution in [0.15, 0.2) is 12.4 Å². The fourth-order valence-electron chi connectivity index (χ4n) is 1.04. The van der Waals surface area contributed by atoms with E-state index in [-0.39, 0.29) is 5.28 Å². The Labute approximate surface area is 75.7 Å².